The van der Waals surface area contributed by atoms with Gasteiger partial charge in [-0.15, -0.1) is 0 Å². The van der Waals surface area contributed by atoms with E-state index in [4.69, 9.17) is 0 Å². The number of nitrogens with zero attached hydrogens (tertiary/aromatic N) is 3. The minimum absolute atomic E-state index is 0.939. The highest BCUT2D eigenvalue weighted by Gasteiger charge is 2.05. The fraction of sp³-hybridized carbons (Fsp3) is 0.125. The summed E-state index contributed by atoms with van der Waals surface area (Å²) in [6, 6.07) is 14.4. The van der Waals surface area contributed by atoms with Crippen molar-refractivity contribution in [3.8, 4) is 0 Å². The van der Waals surface area contributed by atoms with Gasteiger partial charge < -0.3 is 4.90 Å². The molecule has 0 aliphatic heterocycles. The van der Waals surface area contributed by atoms with Crippen LogP contribution in [-0.4, -0.2) is 17.0 Å². The summed E-state index contributed by atoms with van der Waals surface area (Å²) < 4.78 is 0. The molecule has 0 bridgehead atoms. The highest BCUT2D eigenvalue weighted by Crippen LogP contribution is 2.24. The first kappa shape index (κ1) is 11.7. The number of rotatable bonds is 2. The highest BCUT2D eigenvalue weighted by atomic mass is 15.2. The number of fused-ring (bicyclic) bond motifs is 1. The molecule has 0 aliphatic carbocycles. The molecule has 2 heterocycles. The third-order valence-electron chi connectivity index (χ3n) is 3.21. The molecule has 0 radical (unpaired) electrons. The molecule has 3 rings (SSSR count). The third kappa shape index (κ3) is 2.27. The quantitative estimate of drug-likeness (QED) is 0.693. The molecule has 0 fully saturated rings. The molecule has 0 atom stereocenters. The molecule has 0 N–H and O–H groups in total. The number of hydrogen-bond donors (Lipinski definition) is 0. The Kier molecular flexibility index (Phi) is 2.88. The summed E-state index contributed by atoms with van der Waals surface area (Å²) in [6.07, 6.45) is 3.70. The van der Waals surface area contributed by atoms with Crippen molar-refractivity contribution in [2.45, 2.75) is 6.92 Å². The number of aromatic nitrogens is 2. The molecule has 2 aromatic heterocycles. The zero-order chi connectivity index (χ0) is 13.2. The standard InChI is InChI=1S/C16H15N3/c1-12-5-8-16(18-11-12)19(2)14-6-7-15-13(10-14)4-3-9-17-15/h3-11H,1-2H3. The Hall–Kier alpha value is -2.42. The molecule has 3 aromatic rings. The van der Waals surface area contributed by atoms with Crippen LogP contribution in [0, 0.1) is 6.92 Å². The lowest BCUT2D eigenvalue weighted by atomic mass is 10.2. The van der Waals surface area contributed by atoms with E-state index in [1.54, 1.807) is 0 Å². The Morgan fingerprint density at radius 3 is 2.68 bits per heavy atom. The number of hydrogen-bond acceptors (Lipinski definition) is 3. The summed E-state index contributed by atoms with van der Waals surface area (Å²) in [5.41, 5.74) is 3.29. The Bertz CT molecular complexity index is 705. The first-order valence-electron chi connectivity index (χ1n) is 6.25. The van der Waals surface area contributed by atoms with Crippen molar-refractivity contribution >= 4 is 22.4 Å². The van der Waals surface area contributed by atoms with Crippen LogP contribution in [0.25, 0.3) is 10.9 Å². The summed E-state index contributed by atoms with van der Waals surface area (Å²) >= 11 is 0. The van der Waals surface area contributed by atoms with Gasteiger partial charge in [-0.25, -0.2) is 4.98 Å². The summed E-state index contributed by atoms with van der Waals surface area (Å²) in [6.45, 7) is 2.04. The van der Waals surface area contributed by atoms with Gasteiger partial charge in [0.25, 0.3) is 0 Å². The van der Waals surface area contributed by atoms with E-state index in [1.165, 1.54) is 5.56 Å². The monoisotopic (exact) mass is 249 g/mol. The van der Waals surface area contributed by atoms with E-state index in [-0.39, 0.29) is 0 Å². The molecular weight excluding hydrogens is 234 g/mol. The lowest BCUT2D eigenvalue weighted by molar-refractivity contribution is 1.12. The molecule has 3 nitrogen and oxygen atoms in total. The van der Waals surface area contributed by atoms with Gasteiger partial charge in [0.2, 0.25) is 0 Å². The fourth-order valence-electron chi connectivity index (χ4n) is 2.06. The molecule has 19 heavy (non-hydrogen) atoms. The Morgan fingerprint density at radius 1 is 1.00 bits per heavy atom. The Balaban J connectivity index is 2.01. The van der Waals surface area contributed by atoms with Gasteiger partial charge in [-0.05, 0) is 42.8 Å². The van der Waals surface area contributed by atoms with Crippen molar-refractivity contribution in [2.75, 3.05) is 11.9 Å². The second kappa shape index (κ2) is 4.69. The van der Waals surface area contributed by atoms with Gasteiger partial charge in [0.1, 0.15) is 5.82 Å². The Labute approximate surface area is 112 Å². The van der Waals surface area contributed by atoms with Gasteiger partial charge >= 0.3 is 0 Å². The van der Waals surface area contributed by atoms with Crippen molar-refractivity contribution in [2.24, 2.45) is 0 Å². The van der Waals surface area contributed by atoms with Gasteiger partial charge in [-0.2, -0.15) is 0 Å². The van der Waals surface area contributed by atoms with Crippen molar-refractivity contribution in [1.82, 2.24) is 9.97 Å². The topological polar surface area (TPSA) is 29.0 Å². The SMILES string of the molecule is Cc1ccc(N(C)c2ccc3ncccc3c2)nc1. The van der Waals surface area contributed by atoms with Crippen LogP contribution < -0.4 is 4.90 Å². The molecular formula is C16H15N3. The van der Waals surface area contributed by atoms with Crippen LogP contribution in [0.5, 0.6) is 0 Å². The summed E-state index contributed by atoms with van der Waals surface area (Å²) in [5.74, 6) is 0.939. The highest BCUT2D eigenvalue weighted by molar-refractivity contribution is 5.83. The average molecular weight is 249 g/mol. The minimum Gasteiger partial charge on any atom is -0.329 e. The maximum atomic E-state index is 4.44. The van der Waals surface area contributed by atoms with Crippen LogP contribution in [0.4, 0.5) is 11.5 Å². The molecule has 0 saturated carbocycles. The van der Waals surface area contributed by atoms with E-state index in [9.17, 15) is 0 Å². The normalized spacial score (nSPS) is 10.6. The smallest absolute Gasteiger partial charge is 0.132 e. The second-order valence-electron chi connectivity index (χ2n) is 4.63. The largest absolute Gasteiger partial charge is 0.329 e. The van der Waals surface area contributed by atoms with Gasteiger partial charge in [0, 0.05) is 30.5 Å². The van der Waals surface area contributed by atoms with Crippen molar-refractivity contribution in [3.05, 3.63) is 60.4 Å². The zero-order valence-electron chi connectivity index (χ0n) is 11.0. The first-order chi connectivity index (χ1) is 9.24. The second-order valence-corrected chi connectivity index (χ2v) is 4.63. The maximum absolute atomic E-state index is 4.44. The van der Waals surface area contributed by atoms with E-state index in [2.05, 4.69) is 39.1 Å². The Morgan fingerprint density at radius 2 is 1.89 bits per heavy atom. The van der Waals surface area contributed by atoms with Crippen LogP contribution in [-0.2, 0) is 0 Å². The predicted molar refractivity (Wildman–Crippen MR) is 78.8 cm³/mol. The molecule has 0 spiro atoms. The summed E-state index contributed by atoms with van der Waals surface area (Å²) in [7, 11) is 2.02. The number of pyridine rings is 2. The van der Waals surface area contributed by atoms with Crippen molar-refractivity contribution < 1.29 is 0 Å². The molecule has 3 heteroatoms. The van der Waals surface area contributed by atoms with E-state index in [0.717, 1.165) is 22.4 Å². The molecule has 0 amide bonds. The van der Waals surface area contributed by atoms with E-state index in [1.807, 2.05) is 44.6 Å². The average Bonchev–Trinajstić information content (AvgIpc) is 2.47. The number of aryl methyl sites for hydroxylation is 1. The van der Waals surface area contributed by atoms with E-state index in [0.29, 0.717) is 0 Å². The molecule has 0 saturated heterocycles. The van der Waals surface area contributed by atoms with Crippen molar-refractivity contribution in [3.63, 3.8) is 0 Å². The summed E-state index contributed by atoms with van der Waals surface area (Å²) in [4.78, 5) is 10.9. The van der Waals surface area contributed by atoms with Crippen LogP contribution in [0.15, 0.2) is 54.9 Å². The van der Waals surface area contributed by atoms with Crippen LogP contribution in [0.3, 0.4) is 0 Å². The molecule has 1 aromatic carbocycles. The van der Waals surface area contributed by atoms with Crippen LogP contribution in [0.2, 0.25) is 0 Å². The van der Waals surface area contributed by atoms with Crippen LogP contribution >= 0.6 is 0 Å². The predicted octanol–water partition coefficient (Wildman–Crippen LogP) is 3.71. The summed E-state index contributed by atoms with van der Waals surface area (Å²) in [5, 5.41) is 1.14. The minimum atomic E-state index is 0.939. The van der Waals surface area contributed by atoms with E-state index < -0.39 is 0 Å². The van der Waals surface area contributed by atoms with Gasteiger partial charge in [-0.3, -0.25) is 4.98 Å². The first-order valence-corrected chi connectivity index (χ1v) is 6.25. The van der Waals surface area contributed by atoms with Crippen molar-refractivity contribution in [1.29, 1.82) is 0 Å². The lowest BCUT2D eigenvalue weighted by Crippen LogP contribution is -2.10. The number of anilines is 2. The zero-order valence-corrected chi connectivity index (χ0v) is 11.0. The van der Waals surface area contributed by atoms with Crippen LogP contribution in [0.1, 0.15) is 5.56 Å². The third-order valence-corrected chi connectivity index (χ3v) is 3.21. The van der Waals surface area contributed by atoms with Gasteiger partial charge in [-0.1, -0.05) is 12.1 Å². The van der Waals surface area contributed by atoms with Gasteiger partial charge in [0.15, 0.2) is 0 Å². The molecule has 94 valence electrons. The van der Waals surface area contributed by atoms with E-state index >= 15 is 0 Å². The number of benzene rings is 1. The molecule has 0 unspecified atom stereocenters. The molecule has 0 aliphatic rings. The van der Waals surface area contributed by atoms with Gasteiger partial charge in [0.05, 0.1) is 5.52 Å². The fourth-order valence-corrected chi connectivity index (χ4v) is 2.06. The maximum Gasteiger partial charge on any atom is 0.132 e. The lowest BCUT2D eigenvalue weighted by Gasteiger charge is -2.18.